The molecule has 0 amide bonds. The molecule has 1 aliphatic carbocycles. The van der Waals surface area contributed by atoms with Gasteiger partial charge in [-0.3, -0.25) is 4.68 Å². The average Bonchev–Trinajstić information content (AvgIpc) is 2.76. The number of aryl methyl sites for hydroxylation is 2. The third-order valence-electron chi connectivity index (χ3n) is 4.94. The van der Waals surface area contributed by atoms with Crippen LogP contribution in [0.25, 0.3) is 11.0 Å². The second-order valence-corrected chi connectivity index (χ2v) is 6.58. The van der Waals surface area contributed by atoms with Gasteiger partial charge in [-0.25, -0.2) is 4.98 Å². The fourth-order valence-corrected chi connectivity index (χ4v) is 3.55. The molecule has 0 bridgehead atoms. The van der Waals surface area contributed by atoms with Gasteiger partial charge < -0.3 is 5.32 Å². The molecule has 0 spiro atoms. The highest BCUT2D eigenvalue weighted by Crippen LogP contribution is 2.28. The molecule has 0 saturated heterocycles. The molecule has 0 aromatic carbocycles. The molecular weight excluding hydrogens is 260 g/mol. The Balaban J connectivity index is 1.61. The van der Waals surface area contributed by atoms with E-state index in [9.17, 15) is 0 Å². The van der Waals surface area contributed by atoms with Crippen molar-refractivity contribution in [3.05, 3.63) is 23.5 Å². The van der Waals surface area contributed by atoms with Gasteiger partial charge in [-0.05, 0) is 43.4 Å². The van der Waals surface area contributed by atoms with Gasteiger partial charge in [-0.15, -0.1) is 0 Å². The van der Waals surface area contributed by atoms with Crippen LogP contribution in [-0.2, 0) is 13.6 Å². The predicted octanol–water partition coefficient (Wildman–Crippen LogP) is 3.19. The zero-order valence-corrected chi connectivity index (χ0v) is 13.4. The molecule has 0 radical (unpaired) electrons. The van der Waals surface area contributed by atoms with Gasteiger partial charge in [-0.2, -0.15) is 5.10 Å². The minimum Gasteiger partial charge on any atom is -0.312 e. The first-order valence-corrected chi connectivity index (χ1v) is 8.14. The molecule has 3 rings (SSSR count). The lowest BCUT2D eigenvalue weighted by Crippen LogP contribution is -2.29. The molecule has 2 aromatic heterocycles. The summed E-state index contributed by atoms with van der Waals surface area (Å²) >= 11 is 0. The number of hydrogen-bond donors (Lipinski definition) is 1. The van der Waals surface area contributed by atoms with E-state index < -0.39 is 0 Å². The number of nitrogens with one attached hydrogen (secondary N) is 1. The first-order valence-electron chi connectivity index (χ1n) is 8.14. The van der Waals surface area contributed by atoms with E-state index in [-0.39, 0.29) is 0 Å². The van der Waals surface area contributed by atoms with E-state index in [1.165, 1.54) is 36.6 Å². The lowest BCUT2D eigenvalue weighted by atomic mass is 9.80. The number of hydrogen-bond acceptors (Lipinski definition) is 3. The highest BCUT2D eigenvalue weighted by molar-refractivity contribution is 5.78. The summed E-state index contributed by atoms with van der Waals surface area (Å²) in [6, 6.07) is 2.22. The standard InChI is InChI=1S/C17H26N4/c1-12-6-4-5-7-15(12)11-18-9-14-8-16-13(2)20-21(3)17(16)19-10-14/h8,10,12,15,18H,4-7,9,11H2,1-3H3. The van der Waals surface area contributed by atoms with Crippen LogP contribution in [0.5, 0.6) is 0 Å². The van der Waals surface area contributed by atoms with Crippen LogP contribution >= 0.6 is 0 Å². The van der Waals surface area contributed by atoms with Crippen molar-refractivity contribution >= 4 is 11.0 Å². The summed E-state index contributed by atoms with van der Waals surface area (Å²) in [6.45, 7) is 6.48. The first kappa shape index (κ1) is 14.5. The van der Waals surface area contributed by atoms with Gasteiger partial charge in [0.2, 0.25) is 0 Å². The van der Waals surface area contributed by atoms with Crippen LogP contribution in [0.4, 0.5) is 0 Å². The molecule has 0 aliphatic heterocycles. The Morgan fingerprint density at radius 2 is 2.14 bits per heavy atom. The van der Waals surface area contributed by atoms with Gasteiger partial charge in [0.05, 0.1) is 5.69 Å². The van der Waals surface area contributed by atoms with Gasteiger partial charge in [0.25, 0.3) is 0 Å². The number of rotatable bonds is 4. The maximum absolute atomic E-state index is 4.54. The number of fused-ring (bicyclic) bond motifs is 1. The quantitative estimate of drug-likeness (QED) is 0.938. The molecule has 2 unspecified atom stereocenters. The van der Waals surface area contributed by atoms with Crippen molar-refractivity contribution in [3.8, 4) is 0 Å². The molecule has 114 valence electrons. The highest BCUT2D eigenvalue weighted by Gasteiger charge is 2.20. The van der Waals surface area contributed by atoms with E-state index in [1.807, 2.05) is 24.9 Å². The van der Waals surface area contributed by atoms with Gasteiger partial charge >= 0.3 is 0 Å². The highest BCUT2D eigenvalue weighted by atomic mass is 15.3. The van der Waals surface area contributed by atoms with Crippen molar-refractivity contribution in [3.63, 3.8) is 0 Å². The second kappa shape index (κ2) is 6.14. The third kappa shape index (κ3) is 3.10. The lowest BCUT2D eigenvalue weighted by Gasteiger charge is -2.28. The summed E-state index contributed by atoms with van der Waals surface area (Å²) in [7, 11) is 1.95. The van der Waals surface area contributed by atoms with Crippen molar-refractivity contribution in [1.82, 2.24) is 20.1 Å². The molecule has 4 heteroatoms. The Hall–Kier alpha value is -1.42. The Labute approximate surface area is 126 Å². The fraction of sp³-hybridized carbons (Fsp3) is 0.647. The van der Waals surface area contributed by atoms with E-state index >= 15 is 0 Å². The van der Waals surface area contributed by atoms with Crippen molar-refractivity contribution < 1.29 is 0 Å². The van der Waals surface area contributed by atoms with E-state index in [0.29, 0.717) is 0 Å². The van der Waals surface area contributed by atoms with Gasteiger partial charge in [0, 0.05) is 25.2 Å². The third-order valence-corrected chi connectivity index (χ3v) is 4.94. The van der Waals surface area contributed by atoms with E-state index in [1.54, 1.807) is 0 Å². The summed E-state index contributed by atoms with van der Waals surface area (Å²) in [5.41, 5.74) is 3.28. The molecule has 1 saturated carbocycles. The van der Waals surface area contributed by atoms with Crippen LogP contribution < -0.4 is 5.32 Å². The van der Waals surface area contributed by atoms with Gasteiger partial charge in [-0.1, -0.05) is 26.2 Å². The van der Waals surface area contributed by atoms with Crippen LogP contribution in [0, 0.1) is 18.8 Å². The number of pyridine rings is 1. The van der Waals surface area contributed by atoms with Crippen molar-refractivity contribution in [2.75, 3.05) is 6.54 Å². The Bertz CT molecular complexity index is 617. The minimum atomic E-state index is 0.843. The first-order chi connectivity index (χ1) is 10.1. The fourth-order valence-electron chi connectivity index (χ4n) is 3.55. The van der Waals surface area contributed by atoms with Crippen LogP contribution in [0.15, 0.2) is 12.3 Å². The Morgan fingerprint density at radius 3 is 2.95 bits per heavy atom. The van der Waals surface area contributed by atoms with Crippen molar-refractivity contribution in [1.29, 1.82) is 0 Å². The molecule has 4 nitrogen and oxygen atoms in total. The molecule has 2 atom stereocenters. The summed E-state index contributed by atoms with van der Waals surface area (Å²) in [6.07, 6.45) is 7.57. The topological polar surface area (TPSA) is 42.7 Å². The van der Waals surface area contributed by atoms with Crippen molar-refractivity contribution in [2.45, 2.75) is 46.1 Å². The van der Waals surface area contributed by atoms with Gasteiger partial charge in [0.15, 0.2) is 5.65 Å². The molecule has 21 heavy (non-hydrogen) atoms. The minimum absolute atomic E-state index is 0.843. The van der Waals surface area contributed by atoms with E-state index in [4.69, 9.17) is 0 Å². The molecule has 2 aromatic rings. The zero-order chi connectivity index (χ0) is 14.8. The summed E-state index contributed by atoms with van der Waals surface area (Å²) in [5, 5.41) is 9.22. The second-order valence-electron chi connectivity index (χ2n) is 6.58. The van der Waals surface area contributed by atoms with E-state index in [2.05, 4.69) is 28.4 Å². The normalized spacial score (nSPS) is 22.8. The SMILES string of the molecule is Cc1nn(C)c2ncc(CNCC3CCCCC3C)cc12. The molecule has 1 aliphatic rings. The molecule has 1 fully saturated rings. The van der Waals surface area contributed by atoms with Crippen LogP contribution in [0.3, 0.4) is 0 Å². The number of nitrogens with zero attached hydrogens (tertiary/aromatic N) is 3. The lowest BCUT2D eigenvalue weighted by molar-refractivity contribution is 0.247. The monoisotopic (exact) mass is 286 g/mol. The molecular formula is C17H26N4. The largest absolute Gasteiger partial charge is 0.312 e. The predicted molar refractivity (Wildman–Crippen MR) is 86.1 cm³/mol. The van der Waals surface area contributed by atoms with Crippen LogP contribution in [0.1, 0.15) is 43.9 Å². The average molecular weight is 286 g/mol. The Morgan fingerprint density at radius 1 is 1.33 bits per heavy atom. The smallest absolute Gasteiger partial charge is 0.157 e. The van der Waals surface area contributed by atoms with Gasteiger partial charge in [0.1, 0.15) is 0 Å². The zero-order valence-electron chi connectivity index (χ0n) is 13.4. The summed E-state index contributed by atoms with van der Waals surface area (Å²) in [4.78, 5) is 4.54. The maximum atomic E-state index is 4.54. The van der Waals surface area contributed by atoms with Crippen LogP contribution in [0.2, 0.25) is 0 Å². The van der Waals surface area contributed by atoms with Crippen LogP contribution in [-0.4, -0.2) is 21.3 Å². The van der Waals surface area contributed by atoms with Crippen molar-refractivity contribution in [2.24, 2.45) is 18.9 Å². The summed E-state index contributed by atoms with van der Waals surface area (Å²) < 4.78 is 1.85. The van der Waals surface area contributed by atoms with E-state index in [0.717, 1.165) is 36.3 Å². The molecule has 2 heterocycles. The Kier molecular flexibility index (Phi) is 4.24. The maximum Gasteiger partial charge on any atom is 0.157 e. The molecule has 1 N–H and O–H groups in total. The number of aromatic nitrogens is 3. The summed E-state index contributed by atoms with van der Waals surface area (Å²) in [5.74, 6) is 1.71.